The Morgan fingerprint density at radius 3 is 2.54 bits per heavy atom. The van der Waals surface area contributed by atoms with Crippen LogP contribution >= 0.6 is 0 Å². The van der Waals surface area contributed by atoms with E-state index in [1.165, 1.54) is 7.11 Å². The highest BCUT2D eigenvalue weighted by Gasteiger charge is 2.21. The van der Waals surface area contributed by atoms with Gasteiger partial charge in [0.05, 0.1) is 13.7 Å². The van der Waals surface area contributed by atoms with Crippen molar-refractivity contribution in [3.05, 3.63) is 35.4 Å². The average molecular weight is 393 g/mol. The number of carbonyl (C=O) groups excluding carboxylic acids is 3. The van der Waals surface area contributed by atoms with Crippen molar-refractivity contribution >= 4 is 18.0 Å². The Hall–Kier alpha value is -2.61. The summed E-state index contributed by atoms with van der Waals surface area (Å²) in [6.07, 6.45) is 0.617. The quantitative estimate of drug-likeness (QED) is 0.490. The van der Waals surface area contributed by atoms with Gasteiger partial charge in [-0.15, -0.1) is 0 Å². The number of ether oxygens (including phenoxy) is 2. The van der Waals surface area contributed by atoms with Crippen LogP contribution in [0.2, 0.25) is 0 Å². The number of carbonyl (C=O) groups is 3. The van der Waals surface area contributed by atoms with Crippen molar-refractivity contribution in [1.82, 2.24) is 10.6 Å². The maximum Gasteiger partial charge on any atom is 0.407 e. The second-order valence-electron chi connectivity index (χ2n) is 6.91. The molecule has 1 unspecified atom stereocenters. The molecule has 2 amide bonds. The molecule has 1 aromatic rings. The van der Waals surface area contributed by atoms with E-state index < -0.39 is 18.1 Å². The minimum absolute atomic E-state index is 0.244. The first-order valence-electron chi connectivity index (χ1n) is 9.41. The highest BCUT2D eigenvalue weighted by Crippen LogP contribution is 2.09. The molecule has 8 heteroatoms. The van der Waals surface area contributed by atoms with Crippen LogP contribution in [0.4, 0.5) is 4.79 Å². The molecule has 0 aromatic heterocycles. The van der Waals surface area contributed by atoms with E-state index in [4.69, 9.17) is 15.2 Å². The van der Waals surface area contributed by atoms with Gasteiger partial charge in [-0.05, 0) is 30.0 Å². The van der Waals surface area contributed by atoms with E-state index >= 15 is 0 Å². The molecule has 0 aliphatic heterocycles. The van der Waals surface area contributed by atoms with Crippen molar-refractivity contribution in [2.24, 2.45) is 11.7 Å². The lowest BCUT2D eigenvalue weighted by molar-refractivity contribution is -0.145. The molecule has 0 aliphatic rings. The summed E-state index contributed by atoms with van der Waals surface area (Å²) >= 11 is 0. The Kier molecular flexibility index (Phi) is 10.6. The van der Waals surface area contributed by atoms with E-state index in [2.05, 4.69) is 10.6 Å². The van der Waals surface area contributed by atoms with Gasteiger partial charge in [-0.1, -0.05) is 38.1 Å². The van der Waals surface area contributed by atoms with Gasteiger partial charge in [0.1, 0.15) is 6.04 Å². The molecule has 0 heterocycles. The molecule has 1 aromatic carbocycles. The Labute approximate surface area is 166 Å². The Bertz CT molecular complexity index is 648. The van der Waals surface area contributed by atoms with Gasteiger partial charge >= 0.3 is 12.1 Å². The normalized spacial score (nSPS) is 11.6. The predicted molar refractivity (Wildman–Crippen MR) is 105 cm³/mol. The summed E-state index contributed by atoms with van der Waals surface area (Å²) in [4.78, 5) is 35.6. The fourth-order valence-electron chi connectivity index (χ4n) is 2.43. The highest BCUT2D eigenvalue weighted by atomic mass is 16.5. The predicted octanol–water partition coefficient (Wildman–Crippen LogP) is 1.51. The average Bonchev–Trinajstić information content (AvgIpc) is 2.68. The van der Waals surface area contributed by atoms with E-state index in [1.54, 1.807) is 0 Å². The molecule has 4 N–H and O–H groups in total. The number of esters is 1. The number of methoxy groups -OCH3 is 1. The summed E-state index contributed by atoms with van der Waals surface area (Å²) in [5.41, 5.74) is 7.10. The van der Waals surface area contributed by atoms with Crippen molar-refractivity contribution in [2.45, 2.75) is 45.7 Å². The number of hydrogen-bond donors (Lipinski definition) is 3. The number of rotatable bonds is 11. The Morgan fingerprint density at radius 2 is 1.89 bits per heavy atom. The molecule has 0 saturated carbocycles. The fraction of sp³-hybridized carbons (Fsp3) is 0.550. The zero-order valence-electron chi connectivity index (χ0n) is 16.8. The lowest BCUT2D eigenvalue weighted by atomic mass is 10.0. The third-order valence-corrected chi connectivity index (χ3v) is 3.84. The molecule has 156 valence electrons. The molecule has 0 saturated heterocycles. The van der Waals surface area contributed by atoms with E-state index in [1.807, 2.05) is 38.1 Å². The van der Waals surface area contributed by atoms with Crippen LogP contribution in [0.3, 0.4) is 0 Å². The van der Waals surface area contributed by atoms with Gasteiger partial charge < -0.3 is 25.8 Å². The molecule has 0 radical (unpaired) electrons. The van der Waals surface area contributed by atoms with Crippen LogP contribution in [0.15, 0.2) is 24.3 Å². The zero-order chi connectivity index (χ0) is 20.9. The van der Waals surface area contributed by atoms with Crippen molar-refractivity contribution in [2.75, 3.05) is 20.3 Å². The van der Waals surface area contributed by atoms with Gasteiger partial charge in [-0.2, -0.15) is 0 Å². The van der Waals surface area contributed by atoms with Gasteiger partial charge in [0.15, 0.2) is 0 Å². The fourth-order valence-corrected chi connectivity index (χ4v) is 2.43. The number of amides is 2. The first kappa shape index (κ1) is 23.4. The number of nitrogens with one attached hydrogen (secondary N) is 2. The van der Waals surface area contributed by atoms with Crippen molar-refractivity contribution in [1.29, 1.82) is 0 Å². The molecule has 0 spiro atoms. The third-order valence-electron chi connectivity index (χ3n) is 3.84. The maximum atomic E-state index is 12.0. The van der Waals surface area contributed by atoms with E-state index in [0.29, 0.717) is 26.1 Å². The third kappa shape index (κ3) is 9.36. The molecule has 28 heavy (non-hydrogen) atoms. The van der Waals surface area contributed by atoms with E-state index in [0.717, 1.165) is 11.1 Å². The second kappa shape index (κ2) is 12.7. The SMILES string of the molecule is COC(=O)C(Cc1cccc(CNC(=O)OCC(C)C)c1)NC(=O)CCCN. The van der Waals surface area contributed by atoms with E-state index in [9.17, 15) is 14.4 Å². The van der Waals surface area contributed by atoms with Gasteiger partial charge in [0.2, 0.25) is 5.91 Å². The Balaban J connectivity index is 2.67. The van der Waals surface area contributed by atoms with Crippen LogP contribution in [0.1, 0.15) is 37.8 Å². The van der Waals surface area contributed by atoms with Crippen LogP contribution in [-0.2, 0) is 32.0 Å². The lowest BCUT2D eigenvalue weighted by Crippen LogP contribution is -2.43. The first-order valence-corrected chi connectivity index (χ1v) is 9.41. The molecular formula is C20H31N3O5. The van der Waals surface area contributed by atoms with Crippen LogP contribution < -0.4 is 16.4 Å². The van der Waals surface area contributed by atoms with Gasteiger partial charge in [0, 0.05) is 19.4 Å². The molecule has 0 bridgehead atoms. The van der Waals surface area contributed by atoms with Crippen molar-refractivity contribution < 1.29 is 23.9 Å². The summed E-state index contributed by atoms with van der Waals surface area (Å²) in [5, 5.41) is 5.38. The summed E-state index contributed by atoms with van der Waals surface area (Å²) in [7, 11) is 1.28. The first-order chi connectivity index (χ1) is 13.3. The monoisotopic (exact) mass is 393 g/mol. The molecule has 0 aliphatic carbocycles. The zero-order valence-corrected chi connectivity index (χ0v) is 16.8. The Morgan fingerprint density at radius 1 is 1.18 bits per heavy atom. The minimum atomic E-state index is -0.783. The topological polar surface area (TPSA) is 120 Å². The lowest BCUT2D eigenvalue weighted by Gasteiger charge is -2.17. The molecular weight excluding hydrogens is 362 g/mol. The number of benzene rings is 1. The summed E-state index contributed by atoms with van der Waals surface area (Å²) in [5.74, 6) is -0.488. The second-order valence-corrected chi connectivity index (χ2v) is 6.91. The van der Waals surface area contributed by atoms with Gasteiger partial charge in [0.25, 0.3) is 0 Å². The molecule has 1 rings (SSSR count). The summed E-state index contributed by atoms with van der Waals surface area (Å²) in [6.45, 7) is 4.99. The number of alkyl carbamates (subject to hydrolysis) is 1. The van der Waals surface area contributed by atoms with Crippen molar-refractivity contribution in [3.63, 3.8) is 0 Å². The number of nitrogens with two attached hydrogens (primary N) is 1. The largest absolute Gasteiger partial charge is 0.467 e. The van der Waals surface area contributed by atoms with E-state index in [-0.39, 0.29) is 24.7 Å². The maximum absolute atomic E-state index is 12.0. The van der Waals surface area contributed by atoms with Crippen LogP contribution in [0, 0.1) is 5.92 Å². The summed E-state index contributed by atoms with van der Waals surface area (Å²) < 4.78 is 9.87. The van der Waals surface area contributed by atoms with Gasteiger partial charge in [-0.3, -0.25) is 4.79 Å². The van der Waals surface area contributed by atoms with Crippen molar-refractivity contribution in [3.8, 4) is 0 Å². The highest BCUT2D eigenvalue weighted by molar-refractivity contribution is 5.84. The van der Waals surface area contributed by atoms with Gasteiger partial charge in [-0.25, -0.2) is 9.59 Å². The van der Waals surface area contributed by atoms with Crippen LogP contribution in [-0.4, -0.2) is 44.3 Å². The smallest absolute Gasteiger partial charge is 0.407 e. The summed E-state index contributed by atoms with van der Waals surface area (Å²) in [6, 6.07) is 6.62. The molecule has 0 fully saturated rings. The number of hydrogen-bond acceptors (Lipinski definition) is 6. The van der Waals surface area contributed by atoms with Crippen LogP contribution in [0.25, 0.3) is 0 Å². The molecule has 1 atom stereocenters. The van der Waals surface area contributed by atoms with Crippen LogP contribution in [0.5, 0.6) is 0 Å². The minimum Gasteiger partial charge on any atom is -0.467 e. The standard InChI is InChI=1S/C20H31N3O5/c1-14(2)13-28-20(26)22-12-16-7-4-6-15(10-16)11-17(19(25)27-3)23-18(24)8-5-9-21/h4,6-7,10,14,17H,5,8-9,11-13,21H2,1-3H3,(H,22,26)(H,23,24). The molecule has 8 nitrogen and oxygen atoms in total.